The second-order valence-electron chi connectivity index (χ2n) is 3.15. The number of nitrogens with one attached hydrogen (secondary N) is 2. The number of hydrogen-bond donors (Lipinski definition) is 2. The van der Waals surface area contributed by atoms with Gasteiger partial charge >= 0.3 is 0 Å². The van der Waals surface area contributed by atoms with Crippen molar-refractivity contribution in [2.24, 2.45) is 0 Å². The molecule has 0 atom stereocenters. The van der Waals surface area contributed by atoms with Crippen LogP contribution in [0.4, 0.5) is 0 Å². The standard InChI is InChI=1S/C10H9Cl3N2/c11-7-2-1-6(9(12)10(7)13)8-3-4-14-5-15-8/h1-3,14-15H,4-5H2. The van der Waals surface area contributed by atoms with E-state index >= 15 is 0 Å². The Hall–Kier alpha value is -0.410. The van der Waals surface area contributed by atoms with Gasteiger partial charge in [-0.2, -0.15) is 0 Å². The molecule has 80 valence electrons. The van der Waals surface area contributed by atoms with Gasteiger partial charge in [-0.15, -0.1) is 0 Å². The van der Waals surface area contributed by atoms with Crippen LogP contribution in [0, 0.1) is 0 Å². The summed E-state index contributed by atoms with van der Waals surface area (Å²) in [5.74, 6) is 0. The van der Waals surface area contributed by atoms with Crippen molar-refractivity contribution >= 4 is 40.5 Å². The van der Waals surface area contributed by atoms with E-state index in [2.05, 4.69) is 10.6 Å². The quantitative estimate of drug-likeness (QED) is 0.761. The minimum atomic E-state index is 0.400. The number of halogens is 3. The highest BCUT2D eigenvalue weighted by molar-refractivity contribution is 6.48. The van der Waals surface area contributed by atoms with Crippen LogP contribution < -0.4 is 10.6 Å². The molecule has 0 aliphatic carbocycles. The fraction of sp³-hybridized carbons (Fsp3) is 0.200. The van der Waals surface area contributed by atoms with Gasteiger partial charge in [0, 0.05) is 17.8 Å². The van der Waals surface area contributed by atoms with Crippen molar-refractivity contribution in [3.05, 3.63) is 38.8 Å². The molecule has 1 aromatic carbocycles. The van der Waals surface area contributed by atoms with Gasteiger partial charge in [0.15, 0.2) is 0 Å². The highest BCUT2D eigenvalue weighted by Gasteiger charge is 2.13. The van der Waals surface area contributed by atoms with Gasteiger partial charge in [-0.25, -0.2) is 0 Å². The Balaban J connectivity index is 2.44. The molecule has 0 unspecified atom stereocenters. The molecule has 1 aromatic rings. The minimum Gasteiger partial charge on any atom is -0.372 e. The first-order valence-electron chi connectivity index (χ1n) is 4.49. The second kappa shape index (κ2) is 4.62. The molecule has 2 nitrogen and oxygen atoms in total. The third kappa shape index (κ3) is 2.23. The first kappa shape index (κ1) is 11.1. The van der Waals surface area contributed by atoms with Crippen LogP contribution in [0.3, 0.4) is 0 Å². The fourth-order valence-corrected chi connectivity index (χ4v) is 2.05. The lowest BCUT2D eigenvalue weighted by atomic mass is 10.1. The number of hydrogen-bond acceptors (Lipinski definition) is 2. The molecule has 0 aromatic heterocycles. The molecule has 0 saturated carbocycles. The van der Waals surface area contributed by atoms with Gasteiger partial charge < -0.3 is 5.32 Å². The summed E-state index contributed by atoms with van der Waals surface area (Å²) in [6, 6.07) is 3.61. The van der Waals surface area contributed by atoms with Gasteiger partial charge in [-0.3, -0.25) is 5.32 Å². The zero-order chi connectivity index (χ0) is 10.8. The van der Waals surface area contributed by atoms with Crippen LogP contribution in [-0.4, -0.2) is 13.2 Å². The largest absolute Gasteiger partial charge is 0.372 e. The van der Waals surface area contributed by atoms with E-state index in [4.69, 9.17) is 34.8 Å². The Kier molecular flexibility index (Phi) is 3.42. The van der Waals surface area contributed by atoms with Crippen molar-refractivity contribution < 1.29 is 0 Å². The maximum absolute atomic E-state index is 6.11. The van der Waals surface area contributed by atoms with E-state index in [9.17, 15) is 0 Å². The summed E-state index contributed by atoms with van der Waals surface area (Å²) in [6.45, 7) is 1.54. The summed E-state index contributed by atoms with van der Waals surface area (Å²) in [7, 11) is 0. The third-order valence-electron chi connectivity index (χ3n) is 2.18. The van der Waals surface area contributed by atoms with Crippen molar-refractivity contribution in [1.82, 2.24) is 10.6 Å². The Morgan fingerprint density at radius 1 is 1.07 bits per heavy atom. The van der Waals surface area contributed by atoms with Gasteiger partial charge in [0.1, 0.15) is 0 Å². The minimum absolute atomic E-state index is 0.400. The van der Waals surface area contributed by atoms with Crippen LogP contribution in [0.5, 0.6) is 0 Å². The Labute approximate surface area is 103 Å². The molecule has 2 N–H and O–H groups in total. The van der Waals surface area contributed by atoms with E-state index in [1.54, 1.807) is 6.07 Å². The summed E-state index contributed by atoms with van der Waals surface area (Å²) in [5.41, 5.74) is 1.87. The molecular weight excluding hydrogens is 254 g/mol. The van der Waals surface area contributed by atoms with Crippen LogP contribution in [0.25, 0.3) is 5.70 Å². The first-order chi connectivity index (χ1) is 7.20. The van der Waals surface area contributed by atoms with Crippen molar-refractivity contribution in [3.63, 3.8) is 0 Å². The summed E-state index contributed by atoms with van der Waals surface area (Å²) in [4.78, 5) is 0. The Morgan fingerprint density at radius 3 is 2.53 bits per heavy atom. The van der Waals surface area contributed by atoms with Crippen LogP contribution in [-0.2, 0) is 0 Å². The Bertz CT molecular complexity index is 415. The molecule has 1 heterocycles. The van der Waals surface area contributed by atoms with E-state index in [0.29, 0.717) is 15.1 Å². The molecule has 2 rings (SSSR count). The van der Waals surface area contributed by atoms with Crippen LogP contribution in [0.15, 0.2) is 18.2 Å². The van der Waals surface area contributed by atoms with E-state index < -0.39 is 0 Å². The highest BCUT2D eigenvalue weighted by atomic mass is 35.5. The van der Waals surface area contributed by atoms with Crippen LogP contribution >= 0.6 is 34.8 Å². The maximum atomic E-state index is 6.11. The molecule has 0 radical (unpaired) electrons. The number of rotatable bonds is 1. The molecule has 1 aliphatic rings. The van der Waals surface area contributed by atoms with Gasteiger partial charge in [-0.1, -0.05) is 34.8 Å². The van der Waals surface area contributed by atoms with Crippen LogP contribution in [0.1, 0.15) is 5.56 Å². The average Bonchev–Trinajstić information content (AvgIpc) is 2.27. The monoisotopic (exact) mass is 262 g/mol. The molecule has 0 fully saturated rings. The Morgan fingerprint density at radius 2 is 1.87 bits per heavy atom. The summed E-state index contributed by atoms with van der Waals surface area (Å²) < 4.78 is 0. The molecule has 1 aliphatic heterocycles. The van der Waals surface area contributed by atoms with Gasteiger partial charge in [0.05, 0.1) is 21.7 Å². The van der Waals surface area contributed by atoms with E-state index in [-0.39, 0.29) is 0 Å². The smallest absolute Gasteiger partial charge is 0.0785 e. The zero-order valence-electron chi connectivity index (χ0n) is 7.78. The van der Waals surface area contributed by atoms with Crippen molar-refractivity contribution in [1.29, 1.82) is 0 Å². The molecular formula is C10H9Cl3N2. The zero-order valence-corrected chi connectivity index (χ0v) is 10.0. The number of benzene rings is 1. The van der Waals surface area contributed by atoms with Gasteiger partial charge in [0.2, 0.25) is 0 Å². The summed E-state index contributed by atoms with van der Waals surface area (Å²) >= 11 is 17.9. The molecule has 0 amide bonds. The SMILES string of the molecule is Clc1ccc(C2=CCNCN2)c(Cl)c1Cl. The van der Waals surface area contributed by atoms with Gasteiger partial charge in [0.25, 0.3) is 0 Å². The average molecular weight is 264 g/mol. The molecule has 0 saturated heterocycles. The summed E-state index contributed by atoms with van der Waals surface area (Å²) in [5, 5.41) is 7.69. The molecule has 0 bridgehead atoms. The molecule has 5 heteroatoms. The fourth-order valence-electron chi connectivity index (χ4n) is 1.42. The van der Waals surface area contributed by atoms with E-state index in [1.807, 2.05) is 12.1 Å². The second-order valence-corrected chi connectivity index (χ2v) is 4.31. The lowest BCUT2D eigenvalue weighted by Gasteiger charge is -2.18. The van der Waals surface area contributed by atoms with Crippen molar-refractivity contribution in [2.75, 3.05) is 13.2 Å². The lowest BCUT2D eigenvalue weighted by Crippen LogP contribution is -2.32. The normalized spacial score (nSPS) is 15.8. The topological polar surface area (TPSA) is 24.1 Å². The predicted molar refractivity (Wildman–Crippen MR) is 65.5 cm³/mol. The maximum Gasteiger partial charge on any atom is 0.0785 e. The lowest BCUT2D eigenvalue weighted by molar-refractivity contribution is 0.682. The third-order valence-corrected chi connectivity index (χ3v) is 3.47. The summed E-state index contributed by atoms with van der Waals surface area (Å²) in [6.07, 6.45) is 2.02. The van der Waals surface area contributed by atoms with E-state index in [1.165, 1.54) is 0 Å². The first-order valence-corrected chi connectivity index (χ1v) is 5.62. The highest BCUT2D eigenvalue weighted by Crippen LogP contribution is 2.35. The molecule has 0 spiro atoms. The van der Waals surface area contributed by atoms with Gasteiger partial charge in [-0.05, 0) is 18.2 Å². The predicted octanol–water partition coefficient (Wildman–Crippen LogP) is 3.14. The van der Waals surface area contributed by atoms with E-state index in [0.717, 1.165) is 24.5 Å². The van der Waals surface area contributed by atoms with Crippen molar-refractivity contribution in [2.45, 2.75) is 0 Å². The van der Waals surface area contributed by atoms with Crippen LogP contribution in [0.2, 0.25) is 15.1 Å². The molecule has 15 heavy (non-hydrogen) atoms. The van der Waals surface area contributed by atoms with Crippen molar-refractivity contribution in [3.8, 4) is 0 Å².